The molecule has 1 aromatic heterocycles. The van der Waals surface area contributed by atoms with E-state index in [9.17, 15) is 9.59 Å². The number of carboxylic acid groups (broad SMARTS) is 1. The summed E-state index contributed by atoms with van der Waals surface area (Å²) in [6, 6.07) is 2.67. The smallest absolute Gasteiger partial charge is 0.339 e. The van der Waals surface area contributed by atoms with Crippen molar-refractivity contribution in [3.05, 3.63) is 22.8 Å². The maximum atomic E-state index is 11.3. The van der Waals surface area contributed by atoms with Crippen molar-refractivity contribution in [2.45, 2.75) is 13.8 Å². The van der Waals surface area contributed by atoms with E-state index in [-0.39, 0.29) is 28.4 Å². The highest BCUT2D eigenvalue weighted by atomic mass is 35.5. The Bertz CT molecular complexity index is 448. The number of hydrazine groups is 1. The first-order valence-corrected chi connectivity index (χ1v) is 5.25. The van der Waals surface area contributed by atoms with Crippen LogP contribution in [0.15, 0.2) is 12.1 Å². The Hall–Kier alpha value is -1.82. The molecule has 17 heavy (non-hydrogen) atoms. The summed E-state index contributed by atoms with van der Waals surface area (Å²) in [4.78, 5) is 26.0. The van der Waals surface area contributed by atoms with Gasteiger partial charge in [-0.15, -0.1) is 0 Å². The van der Waals surface area contributed by atoms with Gasteiger partial charge in [-0.05, 0) is 12.1 Å². The molecule has 7 heteroatoms. The molecule has 92 valence electrons. The molecule has 3 N–H and O–H groups in total. The van der Waals surface area contributed by atoms with Gasteiger partial charge in [0.25, 0.3) is 0 Å². The van der Waals surface area contributed by atoms with Crippen molar-refractivity contribution >= 4 is 29.3 Å². The summed E-state index contributed by atoms with van der Waals surface area (Å²) in [7, 11) is 0. The quantitative estimate of drug-likeness (QED) is 0.562. The number of halogens is 1. The molecule has 0 aliphatic rings. The monoisotopic (exact) mass is 257 g/mol. The lowest BCUT2D eigenvalue weighted by Gasteiger charge is -2.11. The Labute approximate surface area is 103 Å². The zero-order valence-corrected chi connectivity index (χ0v) is 10.1. The van der Waals surface area contributed by atoms with Gasteiger partial charge in [0, 0.05) is 5.92 Å². The van der Waals surface area contributed by atoms with E-state index in [0.29, 0.717) is 0 Å². The van der Waals surface area contributed by atoms with E-state index >= 15 is 0 Å². The van der Waals surface area contributed by atoms with Crippen LogP contribution in [0, 0.1) is 5.92 Å². The van der Waals surface area contributed by atoms with Crippen molar-refractivity contribution in [1.29, 1.82) is 0 Å². The summed E-state index contributed by atoms with van der Waals surface area (Å²) in [6.07, 6.45) is 0. The Morgan fingerprint density at radius 3 is 2.59 bits per heavy atom. The molecule has 6 nitrogen and oxygen atoms in total. The van der Waals surface area contributed by atoms with Gasteiger partial charge >= 0.3 is 5.97 Å². The minimum atomic E-state index is -1.16. The number of aromatic nitrogens is 1. The van der Waals surface area contributed by atoms with Crippen molar-refractivity contribution < 1.29 is 14.7 Å². The number of carbonyl (C=O) groups is 2. The highest BCUT2D eigenvalue weighted by molar-refractivity contribution is 6.29. The van der Waals surface area contributed by atoms with Crippen LogP contribution in [0.2, 0.25) is 5.15 Å². The van der Waals surface area contributed by atoms with E-state index in [1.807, 2.05) is 0 Å². The maximum absolute atomic E-state index is 11.3. The van der Waals surface area contributed by atoms with Gasteiger partial charge in [-0.2, -0.15) is 0 Å². The third-order valence-electron chi connectivity index (χ3n) is 1.92. The summed E-state index contributed by atoms with van der Waals surface area (Å²) in [5, 5.41) is 9.03. The van der Waals surface area contributed by atoms with Crippen molar-refractivity contribution in [3.63, 3.8) is 0 Å². The van der Waals surface area contributed by atoms with E-state index in [1.165, 1.54) is 12.1 Å². The molecular weight excluding hydrogens is 246 g/mol. The predicted molar refractivity (Wildman–Crippen MR) is 62.8 cm³/mol. The van der Waals surface area contributed by atoms with Crippen LogP contribution >= 0.6 is 11.6 Å². The van der Waals surface area contributed by atoms with Gasteiger partial charge < -0.3 is 5.11 Å². The number of anilines is 1. The van der Waals surface area contributed by atoms with Crippen LogP contribution in [0.1, 0.15) is 24.2 Å². The van der Waals surface area contributed by atoms with Gasteiger partial charge in [0.05, 0.1) is 0 Å². The molecule has 0 fully saturated rings. The Balaban J connectivity index is 2.86. The molecule has 0 bridgehead atoms. The molecule has 1 heterocycles. The number of carbonyl (C=O) groups excluding carboxylic acids is 1. The number of hydrogen-bond donors (Lipinski definition) is 3. The van der Waals surface area contributed by atoms with E-state index in [1.54, 1.807) is 13.8 Å². The van der Waals surface area contributed by atoms with Gasteiger partial charge in [-0.1, -0.05) is 25.4 Å². The fraction of sp³-hybridized carbons (Fsp3) is 0.300. The largest absolute Gasteiger partial charge is 0.478 e. The second-order valence-electron chi connectivity index (χ2n) is 3.60. The number of rotatable bonds is 4. The van der Waals surface area contributed by atoms with Gasteiger partial charge in [-0.3, -0.25) is 15.6 Å². The average Bonchev–Trinajstić information content (AvgIpc) is 2.25. The van der Waals surface area contributed by atoms with Gasteiger partial charge in [0.15, 0.2) is 5.82 Å². The highest BCUT2D eigenvalue weighted by Crippen LogP contribution is 2.15. The lowest BCUT2D eigenvalue weighted by Crippen LogP contribution is -2.33. The molecule has 0 spiro atoms. The fourth-order valence-electron chi connectivity index (χ4n) is 0.968. The second-order valence-corrected chi connectivity index (χ2v) is 3.99. The lowest BCUT2D eigenvalue weighted by atomic mass is 10.2. The van der Waals surface area contributed by atoms with Gasteiger partial charge in [-0.25, -0.2) is 9.78 Å². The molecule has 0 saturated carbocycles. The molecule has 0 aromatic carbocycles. The van der Waals surface area contributed by atoms with E-state index in [2.05, 4.69) is 15.8 Å². The summed E-state index contributed by atoms with van der Waals surface area (Å²) in [6.45, 7) is 3.42. The molecular formula is C10H12ClN3O3. The van der Waals surface area contributed by atoms with Gasteiger partial charge in [0.2, 0.25) is 5.91 Å². The number of aromatic carboxylic acids is 1. The second kappa shape index (κ2) is 5.49. The first kappa shape index (κ1) is 13.2. The first-order chi connectivity index (χ1) is 7.91. The Morgan fingerprint density at radius 1 is 1.41 bits per heavy atom. The molecule has 0 saturated heterocycles. The molecule has 1 aromatic rings. The number of hydrogen-bond acceptors (Lipinski definition) is 4. The fourth-order valence-corrected chi connectivity index (χ4v) is 1.12. The maximum Gasteiger partial charge on any atom is 0.339 e. The molecule has 0 unspecified atom stereocenters. The summed E-state index contributed by atoms with van der Waals surface area (Å²) in [5.74, 6) is -1.66. The zero-order chi connectivity index (χ0) is 13.0. The van der Waals surface area contributed by atoms with Crippen LogP contribution in [-0.2, 0) is 4.79 Å². The molecule has 0 atom stereocenters. The lowest BCUT2D eigenvalue weighted by molar-refractivity contribution is -0.123. The topological polar surface area (TPSA) is 91.3 Å². The normalized spacial score (nSPS) is 10.1. The average molecular weight is 258 g/mol. The molecule has 1 rings (SSSR count). The predicted octanol–water partition coefficient (Wildman–Crippen LogP) is 1.53. The number of nitrogens with one attached hydrogen (secondary N) is 2. The molecule has 0 radical (unpaired) electrons. The number of nitrogens with zero attached hydrogens (tertiary/aromatic N) is 1. The van der Waals surface area contributed by atoms with Crippen molar-refractivity contribution in [2.75, 3.05) is 5.43 Å². The number of carboxylic acids is 1. The van der Waals surface area contributed by atoms with Crippen LogP contribution < -0.4 is 10.9 Å². The van der Waals surface area contributed by atoms with E-state index in [4.69, 9.17) is 16.7 Å². The minimum absolute atomic E-state index is 0.000926. The van der Waals surface area contributed by atoms with E-state index in [0.717, 1.165) is 0 Å². The molecule has 0 aliphatic heterocycles. The first-order valence-electron chi connectivity index (χ1n) is 4.87. The van der Waals surface area contributed by atoms with Crippen molar-refractivity contribution in [1.82, 2.24) is 10.4 Å². The van der Waals surface area contributed by atoms with Crippen LogP contribution in [0.3, 0.4) is 0 Å². The van der Waals surface area contributed by atoms with Crippen molar-refractivity contribution in [3.8, 4) is 0 Å². The standard InChI is InChI=1S/C10H12ClN3O3/c1-5(2)9(15)14-13-8-6(10(16)17)3-4-7(11)12-8/h3-5H,1-2H3,(H,12,13)(H,14,15)(H,16,17). The zero-order valence-electron chi connectivity index (χ0n) is 9.32. The van der Waals surface area contributed by atoms with Crippen LogP contribution in [0.4, 0.5) is 5.82 Å². The third kappa shape index (κ3) is 3.60. The SMILES string of the molecule is CC(C)C(=O)NNc1nc(Cl)ccc1C(=O)O. The van der Waals surface area contributed by atoms with E-state index < -0.39 is 5.97 Å². The Kier molecular flexibility index (Phi) is 4.28. The summed E-state index contributed by atoms with van der Waals surface area (Å²) in [5.41, 5.74) is 4.72. The van der Waals surface area contributed by atoms with Gasteiger partial charge in [0.1, 0.15) is 10.7 Å². The minimum Gasteiger partial charge on any atom is -0.478 e. The number of amides is 1. The summed E-state index contributed by atoms with van der Waals surface area (Å²) < 4.78 is 0. The van der Waals surface area contributed by atoms with Crippen LogP contribution in [0.25, 0.3) is 0 Å². The molecule has 0 aliphatic carbocycles. The Morgan fingerprint density at radius 2 is 2.06 bits per heavy atom. The van der Waals surface area contributed by atoms with Crippen LogP contribution in [-0.4, -0.2) is 22.0 Å². The number of pyridine rings is 1. The summed E-state index contributed by atoms with van der Waals surface area (Å²) >= 11 is 5.64. The molecule has 1 amide bonds. The van der Waals surface area contributed by atoms with Crippen molar-refractivity contribution in [2.24, 2.45) is 5.92 Å². The highest BCUT2D eigenvalue weighted by Gasteiger charge is 2.13. The third-order valence-corrected chi connectivity index (χ3v) is 2.13. The van der Waals surface area contributed by atoms with Crippen LogP contribution in [0.5, 0.6) is 0 Å².